The minimum absolute atomic E-state index is 0. The van der Waals surface area contributed by atoms with Crippen molar-refractivity contribution in [2.75, 3.05) is 20.3 Å². The second kappa shape index (κ2) is 8.57. The normalized spacial score (nSPS) is 14.7. The Morgan fingerprint density at radius 2 is 1.81 bits per heavy atom. The van der Waals surface area contributed by atoms with E-state index < -0.39 is 10.0 Å². The third-order valence-electron chi connectivity index (χ3n) is 5.75. The van der Waals surface area contributed by atoms with Crippen LogP contribution < -0.4 is 14.8 Å². The lowest BCUT2D eigenvalue weighted by Gasteiger charge is -2.19. The molecule has 0 fully saturated rings. The van der Waals surface area contributed by atoms with Crippen LogP contribution in [0.3, 0.4) is 0 Å². The van der Waals surface area contributed by atoms with Crippen molar-refractivity contribution in [3.05, 3.63) is 65.4 Å². The first-order valence-electron chi connectivity index (χ1n) is 10.2. The molecule has 0 saturated heterocycles. The van der Waals surface area contributed by atoms with Crippen LogP contribution in [-0.4, -0.2) is 32.7 Å². The van der Waals surface area contributed by atoms with Crippen LogP contribution in [-0.2, 0) is 29.4 Å². The summed E-state index contributed by atoms with van der Waals surface area (Å²) in [5.74, 6) is 1.05. The number of nitrogens with one attached hydrogen (secondary N) is 1. The quantitative estimate of drug-likeness (QED) is 0.641. The fourth-order valence-corrected chi connectivity index (χ4v) is 5.82. The summed E-state index contributed by atoms with van der Waals surface area (Å²) in [6, 6.07) is 12.9. The fraction of sp³-hybridized carbons (Fsp3) is 0.304. The zero-order valence-electron chi connectivity index (χ0n) is 17.3. The lowest BCUT2D eigenvalue weighted by Crippen LogP contribution is -2.17. The molecule has 31 heavy (non-hydrogen) atoms. The van der Waals surface area contributed by atoms with Gasteiger partial charge in [-0.3, -0.25) is 0 Å². The monoisotopic (exact) mass is 460 g/mol. The molecular weight excluding hydrogens is 436 g/mol. The summed E-state index contributed by atoms with van der Waals surface area (Å²) in [6.45, 7) is 1.50. The Hall–Kier alpha value is -2.48. The van der Waals surface area contributed by atoms with Crippen LogP contribution in [0, 0.1) is 0 Å². The average Bonchev–Trinajstić information content (AvgIpc) is 3.01. The van der Waals surface area contributed by atoms with Crippen LogP contribution in [0.1, 0.15) is 23.1 Å². The lowest BCUT2D eigenvalue weighted by atomic mass is 10.0. The number of ether oxygens (including phenoxy) is 2. The average molecular weight is 461 g/mol. The highest BCUT2D eigenvalue weighted by Crippen LogP contribution is 2.39. The summed E-state index contributed by atoms with van der Waals surface area (Å²) >= 11 is 0. The van der Waals surface area contributed by atoms with Crippen LogP contribution in [0.5, 0.6) is 11.5 Å². The highest BCUT2D eigenvalue weighted by Gasteiger charge is 2.29. The molecule has 0 radical (unpaired) electrons. The van der Waals surface area contributed by atoms with Crippen LogP contribution in [0.4, 0.5) is 0 Å². The molecule has 1 aliphatic carbocycles. The van der Waals surface area contributed by atoms with Gasteiger partial charge in [-0.25, -0.2) is 12.4 Å². The molecule has 164 valence electrons. The summed E-state index contributed by atoms with van der Waals surface area (Å²) in [4.78, 5) is 0.197. The van der Waals surface area contributed by atoms with E-state index in [4.69, 9.17) is 9.47 Å². The zero-order chi connectivity index (χ0) is 20.7. The van der Waals surface area contributed by atoms with Crippen LogP contribution in [0.15, 0.2) is 53.6 Å². The number of halogens is 1. The minimum Gasteiger partial charge on any atom is -0.486 e. The van der Waals surface area contributed by atoms with Gasteiger partial charge in [-0.15, -0.1) is 12.4 Å². The van der Waals surface area contributed by atoms with Gasteiger partial charge in [0.2, 0.25) is 0 Å². The Morgan fingerprint density at radius 1 is 1.03 bits per heavy atom. The maximum Gasteiger partial charge on any atom is 0.268 e. The highest BCUT2D eigenvalue weighted by molar-refractivity contribution is 7.90. The van der Waals surface area contributed by atoms with E-state index in [1.807, 2.05) is 25.2 Å². The van der Waals surface area contributed by atoms with Crippen LogP contribution in [0.2, 0.25) is 0 Å². The number of aromatic nitrogens is 1. The molecule has 0 unspecified atom stereocenters. The van der Waals surface area contributed by atoms with Crippen molar-refractivity contribution >= 4 is 22.4 Å². The zero-order valence-corrected chi connectivity index (χ0v) is 18.9. The number of rotatable bonds is 4. The van der Waals surface area contributed by atoms with Crippen molar-refractivity contribution < 1.29 is 17.9 Å². The van der Waals surface area contributed by atoms with Crippen molar-refractivity contribution in [2.24, 2.45) is 0 Å². The summed E-state index contributed by atoms with van der Waals surface area (Å²) in [5.41, 5.74) is 5.08. The number of aryl methyl sites for hydroxylation is 1. The van der Waals surface area contributed by atoms with Gasteiger partial charge in [0, 0.05) is 24.4 Å². The molecule has 1 aromatic heterocycles. The van der Waals surface area contributed by atoms with Gasteiger partial charge in [-0.1, -0.05) is 24.3 Å². The van der Waals surface area contributed by atoms with E-state index in [-0.39, 0.29) is 17.3 Å². The molecule has 0 atom stereocenters. The molecule has 2 heterocycles. The van der Waals surface area contributed by atoms with E-state index in [9.17, 15) is 8.42 Å². The predicted molar refractivity (Wildman–Crippen MR) is 122 cm³/mol. The maximum atomic E-state index is 13.8. The van der Waals surface area contributed by atoms with Gasteiger partial charge >= 0.3 is 0 Å². The molecule has 6 nitrogen and oxygen atoms in total. The van der Waals surface area contributed by atoms with Crippen LogP contribution >= 0.6 is 12.4 Å². The molecule has 0 spiro atoms. The molecule has 0 amide bonds. The van der Waals surface area contributed by atoms with E-state index >= 15 is 0 Å². The third kappa shape index (κ3) is 3.71. The van der Waals surface area contributed by atoms with Gasteiger partial charge < -0.3 is 14.8 Å². The molecule has 3 aromatic rings. The second-order valence-electron chi connectivity index (χ2n) is 7.63. The molecule has 1 N–H and O–H groups in total. The summed E-state index contributed by atoms with van der Waals surface area (Å²) in [6.07, 6.45) is 4.56. The Kier molecular flexibility index (Phi) is 6.01. The first-order valence-corrected chi connectivity index (χ1v) is 11.6. The maximum absolute atomic E-state index is 13.8. The number of benzene rings is 2. The smallest absolute Gasteiger partial charge is 0.268 e. The SMILES string of the molecule is CNCc1cn(S(=O)(=O)c2ccc3c(c2)OCCO3)c2c1CCCc1ccccc1-2.Cl. The van der Waals surface area contributed by atoms with Crippen molar-refractivity contribution in [2.45, 2.75) is 30.7 Å². The van der Waals surface area contributed by atoms with Crippen molar-refractivity contribution in [1.82, 2.24) is 9.29 Å². The van der Waals surface area contributed by atoms with Gasteiger partial charge in [0.25, 0.3) is 10.0 Å². The van der Waals surface area contributed by atoms with Gasteiger partial charge in [-0.2, -0.15) is 0 Å². The molecule has 2 aromatic carbocycles. The summed E-state index contributed by atoms with van der Waals surface area (Å²) in [5, 5.41) is 3.18. The van der Waals surface area contributed by atoms with Gasteiger partial charge in [0.05, 0.1) is 10.6 Å². The van der Waals surface area contributed by atoms with E-state index in [1.54, 1.807) is 24.4 Å². The third-order valence-corrected chi connectivity index (χ3v) is 7.41. The molecule has 2 aliphatic rings. The number of hydrogen-bond donors (Lipinski definition) is 1. The van der Waals surface area contributed by atoms with Gasteiger partial charge in [0.1, 0.15) is 13.2 Å². The summed E-state index contributed by atoms with van der Waals surface area (Å²) < 4.78 is 40.2. The van der Waals surface area contributed by atoms with Crippen molar-refractivity contribution in [1.29, 1.82) is 0 Å². The number of hydrogen-bond acceptors (Lipinski definition) is 5. The van der Waals surface area contributed by atoms with E-state index in [2.05, 4.69) is 11.4 Å². The first-order chi connectivity index (χ1) is 14.6. The lowest BCUT2D eigenvalue weighted by molar-refractivity contribution is 0.171. The molecule has 1 aliphatic heterocycles. The fourth-order valence-electron chi connectivity index (χ4n) is 4.38. The minimum atomic E-state index is -3.82. The van der Waals surface area contributed by atoms with Gasteiger partial charge in [-0.05, 0) is 55.1 Å². The Balaban J connectivity index is 0.00000231. The van der Waals surface area contributed by atoms with E-state index in [1.165, 1.54) is 9.54 Å². The Bertz CT molecular complexity index is 1220. The summed E-state index contributed by atoms with van der Waals surface area (Å²) in [7, 11) is -1.94. The Labute approximate surface area is 188 Å². The van der Waals surface area contributed by atoms with Crippen molar-refractivity contribution in [3.8, 4) is 22.8 Å². The molecule has 8 heteroatoms. The second-order valence-corrected chi connectivity index (χ2v) is 9.44. The molecular formula is C23H25ClN2O4S. The van der Waals surface area contributed by atoms with E-state index in [0.29, 0.717) is 31.3 Å². The molecule has 0 bridgehead atoms. The van der Waals surface area contributed by atoms with E-state index in [0.717, 1.165) is 41.6 Å². The Morgan fingerprint density at radius 3 is 2.61 bits per heavy atom. The largest absolute Gasteiger partial charge is 0.486 e. The topological polar surface area (TPSA) is 69.6 Å². The van der Waals surface area contributed by atoms with Crippen molar-refractivity contribution in [3.63, 3.8) is 0 Å². The molecule has 0 saturated carbocycles. The van der Waals surface area contributed by atoms with Crippen LogP contribution in [0.25, 0.3) is 11.3 Å². The number of nitrogens with zero attached hydrogens (tertiary/aromatic N) is 1. The predicted octanol–water partition coefficient (Wildman–Crippen LogP) is 3.79. The molecule has 5 rings (SSSR count). The standard InChI is InChI=1S/C23H24N2O4S.ClH/c1-24-14-17-15-25(23-19-7-3-2-5-16(19)6-4-8-20(17)23)30(26,27)18-9-10-21-22(13-18)29-12-11-28-21;/h2-3,5,7,9-10,13,15,24H,4,6,8,11-12,14H2,1H3;1H. The highest BCUT2D eigenvalue weighted by atomic mass is 35.5. The first kappa shape index (κ1) is 21.7. The van der Waals surface area contributed by atoms with Gasteiger partial charge in [0.15, 0.2) is 11.5 Å². The number of fused-ring (bicyclic) bond motifs is 4.